The molecule has 0 aliphatic rings. The molecule has 0 spiro atoms. The monoisotopic (exact) mass is 249 g/mol. The molecule has 0 rings (SSSR count). The van der Waals surface area contributed by atoms with Gasteiger partial charge in [0.15, 0.2) is 0 Å². The summed E-state index contributed by atoms with van der Waals surface area (Å²) in [6, 6.07) is 0.658. The normalized spacial score (nSPS) is 13.9. The van der Waals surface area contributed by atoms with Gasteiger partial charge in [-0.2, -0.15) is 11.8 Å². The van der Waals surface area contributed by atoms with Gasteiger partial charge in [0.05, 0.1) is 0 Å². The number of carboxylic acid groups (broad SMARTS) is 1. The van der Waals surface area contributed by atoms with Crippen molar-refractivity contribution in [3.63, 3.8) is 0 Å². The molecule has 0 aromatic heterocycles. The van der Waals surface area contributed by atoms with Crippen molar-refractivity contribution in [1.82, 2.24) is 0 Å². The summed E-state index contributed by atoms with van der Waals surface area (Å²) in [5.41, 5.74) is 5.39. The van der Waals surface area contributed by atoms with Gasteiger partial charge in [0.2, 0.25) is 0 Å². The van der Waals surface area contributed by atoms with E-state index in [0.717, 1.165) is 5.75 Å². The molecule has 5 heteroatoms. The van der Waals surface area contributed by atoms with Crippen molar-refractivity contribution in [3.05, 3.63) is 0 Å². The van der Waals surface area contributed by atoms with E-state index in [1.54, 1.807) is 11.8 Å². The van der Waals surface area contributed by atoms with E-state index in [9.17, 15) is 4.79 Å². The molecule has 0 fully saturated rings. The number of hydrogen-bond donors (Lipinski definition) is 2. The van der Waals surface area contributed by atoms with Crippen molar-refractivity contribution < 1.29 is 9.90 Å². The molecule has 0 saturated heterocycles. The molecule has 0 aromatic rings. The zero-order valence-corrected chi connectivity index (χ0v) is 11.8. The Kier molecular flexibility index (Phi) is 7.30. The lowest BCUT2D eigenvalue weighted by Gasteiger charge is -2.14. The second kappa shape index (κ2) is 7.30. The molecule has 3 nitrogen and oxygen atoms in total. The van der Waals surface area contributed by atoms with Crippen LogP contribution < -0.4 is 5.73 Å². The first-order valence-corrected chi connectivity index (χ1v) is 10.3. The molecule has 0 bridgehead atoms. The lowest BCUT2D eigenvalue weighted by atomic mass is 10.4. The zero-order valence-electron chi connectivity index (χ0n) is 9.95. The molecule has 0 amide bonds. The van der Waals surface area contributed by atoms with Crippen LogP contribution in [0.15, 0.2) is 0 Å². The fourth-order valence-corrected chi connectivity index (χ4v) is 3.42. The Bertz CT molecular complexity index is 194. The van der Waals surface area contributed by atoms with Gasteiger partial charge in [0, 0.05) is 13.8 Å². The first kappa shape index (κ1) is 15.0. The molecule has 0 aromatic carbocycles. The molecule has 0 saturated carbocycles. The highest BCUT2D eigenvalue weighted by Crippen LogP contribution is 2.15. The lowest BCUT2D eigenvalue weighted by molar-refractivity contribution is -0.137. The lowest BCUT2D eigenvalue weighted by Crippen LogP contribution is -2.32. The Hall–Kier alpha value is -0.00312. The molecule has 15 heavy (non-hydrogen) atoms. The average Bonchev–Trinajstić information content (AvgIpc) is 2.08. The van der Waals surface area contributed by atoms with Crippen LogP contribution in [0.3, 0.4) is 0 Å². The summed E-state index contributed by atoms with van der Waals surface area (Å²) in [5.74, 6) is 0.665. The summed E-state index contributed by atoms with van der Waals surface area (Å²) >= 11 is 1.65. The van der Waals surface area contributed by atoms with Gasteiger partial charge in [-0.15, -0.1) is 0 Å². The summed E-state index contributed by atoms with van der Waals surface area (Å²) in [6.07, 6.45) is 2.45. The maximum atomic E-state index is 10.4. The number of rotatable bonds is 8. The van der Waals surface area contributed by atoms with Crippen LogP contribution in [0, 0.1) is 0 Å². The maximum absolute atomic E-state index is 10.4. The predicted octanol–water partition coefficient (Wildman–Crippen LogP) is 2.25. The fraction of sp³-hybridized carbons (Fsp3) is 0.900. The Labute approximate surface area is 97.8 Å². The molecule has 0 aliphatic heterocycles. The second-order valence-electron chi connectivity index (χ2n) is 5.04. The Morgan fingerprint density at radius 3 is 2.47 bits per heavy atom. The molecule has 0 heterocycles. The summed E-state index contributed by atoms with van der Waals surface area (Å²) < 4.78 is 0. The third-order valence-corrected chi connectivity index (χ3v) is 5.11. The minimum Gasteiger partial charge on any atom is -0.480 e. The van der Waals surface area contributed by atoms with Gasteiger partial charge in [0.25, 0.3) is 0 Å². The van der Waals surface area contributed by atoms with E-state index >= 15 is 0 Å². The highest BCUT2D eigenvalue weighted by Gasteiger charge is 2.12. The minimum atomic E-state index is -0.899. The van der Waals surface area contributed by atoms with E-state index in [-0.39, 0.29) is 0 Å². The summed E-state index contributed by atoms with van der Waals surface area (Å²) in [4.78, 5) is 10.4. The van der Waals surface area contributed by atoms with Crippen molar-refractivity contribution in [2.45, 2.75) is 44.6 Å². The van der Waals surface area contributed by atoms with Crippen molar-refractivity contribution in [2.75, 3.05) is 11.5 Å². The molecular weight excluding hydrogens is 226 g/mol. The van der Waals surface area contributed by atoms with Crippen molar-refractivity contribution in [3.8, 4) is 0 Å². The second-order valence-corrected chi connectivity index (χ2v) is 11.8. The standard InChI is InChI=1S/C10H23NO2SSi/c1-15(2,3)7-5-4-6-14-8-9(11)10(12)13/h9H,4-8,11H2,1-3H3,(H,12,13)/t9-/m0/s1. The average molecular weight is 249 g/mol. The number of nitrogens with two attached hydrogens (primary N) is 1. The molecule has 3 N–H and O–H groups in total. The third kappa shape index (κ3) is 10.3. The van der Waals surface area contributed by atoms with Gasteiger partial charge < -0.3 is 10.8 Å². The van der Waals surface area contributed by atoms with E-state index in [0.29, 0.717) is 5.75 Å². The Morgan fingerprint density at radius 2 is 2.00 bits per heavy atom. The van der Waals surface area contributed by atoms with Crippen LogP contribution in [0.5, 0.6) is 0 Å². The Balaban J connectivity index is 3.29. The highest BCUT2D eigenvalue weighted by molar-refractivity contribution is 7.99. The maximum Gasteiger partial charge on any atom is 0.321 e. The molecule has 1 atom stereocenters. The van der Waals surface area contributed by atoms with Gasteiger partial charge in [-0.3, -0.25) is 4.79 Å². The van der Waals surface area contributed by atoms with Crippen LogP contribution in [-0.2, 0) is 4.79 Å². The number of hydrogen-bond acceptors (Lipinski definition) is 3. The number of aliphatic carboxylic acids is 1. The van der Waals surface area contributed by atoms with Gasteiger partial charge >= 0.3 is 5.97 Å². The van der Waals surface area contributed by atoms with Crippen LogP contribution in [-0.4, -0.2) is 36.7 Å². The van der Waals surface area contributed by atoms with Crippen LogP contribution in [0.1, 0.15) is 12.8 Å². The van der Waals surface area contributed by atoms with E-state index in [1.165, 1.54) is 18.9 Å². The van der Waals surface area contributed by atoms with Gasteiger partial charge in [0.1, 0.15) is 6.04 Å². The van der Waals surface area contributed by atoms with E-state index in [2.05, 4.69) is 19.6 Å². The van der Waals surface area contributed by atoms with Crippen LogP contribution in [0.25, 0.3) is 0 Å². The minimum absolute atomic E-state index is 0.530. The third-order valence-electron chi connectivity index (χ3n) is 2.08. The largest absolute Gasteiger partial charge is 0.480 e. The Morgan fingerprint density at radius 1 is 1.40 bits per heavy atom. The first-order valence-electron chi connectivity index (χ1n) is 5.39. The quantitative estimate of drug-likeness (QED) is 0.511. The van der Waals surface area contributed by atoms with Gasteiger partial charge in [-0.25, -0.2) is 0 Å². The van der Waals surface area contributed by atoms with Gasteiger partial charge in [-0.1, -0.05) is 32.1 Å². The number of carbonyl (C=O) groups is 1. The fourth-order valence-electron chi connectivity index (χ4n) is 1.14. The summed E-state index contributed by atoms with van der Waals surface area (Å²) in [6.45, 7) is 7.13. The first-order chi connectivity index (χ1) is 6.83. The smallest absolute Gasteiger partial charge is 0.321 e. The van der Waals surface area contributed by atoms with E-state index in [4.69, 9.17) is 10.8 Å². The molecule has 0 radical (unpaired) electrons. The SMILES string of the molecule is C[Si](C)(C)CCCCSC[C@H](N)C(=O)O. The number of carboxylic acids is 1. The van der Waals surface area contributed by atoms with Gasteiger partial charge in [-0.05, 0) is 12.2 Å². The topological polar surface area (TPSA) is 63.3 Å². The molecule has 0 unspecified atom stereocenters. The van der Waals surface area contributed by atoms with Crippen molar-refractivity contribution in [1.29, 1.82) is 0 Å². The number of unbranched alkanes of at least 4 members (excludes halogenated alkanes) is 1. The van der Waals surface area contributed by atoms with Crippen molar-refractivity contribution >= 4 is 25.8 Å². The van der Waals surface area contributed by atoms with Crippen molar-refractivity contribution in [2.24, 2.45) is 5.73 Å². The van der Waals surface area contributed by atoms with Crippen LogP contribution >= 0.6 is 11.8 Å². The van der Waals surface area contributed by atoms with E-state index in [1.807, 2.05) is 0 Å². The summed E-state index contributed by atoms with van der Waals surface area (Å²) in [5, 5.41) is 8.56. The van der Waals surface area contributed by atoms with Crippen LogP contribution in [0.2, 0.25) is 25.7 Å². The van der Waals surface area contributed by atoms with Crippen LogP contribution in [0.4, 0.5) is 0 Å². The number of thioether (sulfide) groups is 1. The summed E-state index contributed by atoms with van der Waals surface area (Å²) in [7, 11) is -0.885. The predicted molar refractivity (Wildman–Crippen MR) is 70.3 cm³/mol. The molecule has 90 valence electrons. The molecule has 0 aliphatic carbocycles. The zero-order chi connectivity index (χ0) is 11.9. The molecular formula is C10H23NO2SSi. The highest BCUT2D eigenvalue weighted by atomic mass is 32.2. The van der Waals surface area contributed by atoms with E-state index < -0.39 is 20.1 Å².